The molecule has 0 saturated heterocycles. The molecule has 0 N–H and O–H groups in total. The summed E-state index contributed by atoms with van der Waals surface area (Å²) >= 11 is 0. The van der Waals surface area contributed by atoms with Crippen molar-refractivity contribution in [2.75, 3.05) is 26.2 Å². The highest BCUT2D eigenvalue weighted by atomic mass is 19.1. The molecule has 2 aromatic carbocycles. The first-order chi connectivity index (χ1) is 15.5. The normalized spacial score (nSPS) is 17.5. The number of imide groups is 1. The maximum absolute atomic E-state index is 14.4. The molecular weight excluding hydrogens is 415 g/mol. The van der Waals surface area contributed by atoms with Crippen molar-refractivity contribution in [3.8, 4) is 17.2 Å². The number of nitrogens with zero attached hydrogens (tertiary/aromatic N) is 2. The summed E-state index contributed by atoms with van der Waals surface area (Å²) in [6, 6.07) is 8.71. The van der Waals surface area contributed by atoms with Gasteiger partial charge in [0.2, 0.25) is 5.75 Å². The van der Waals surface area contributed by atoms with Gasteiger partial charge < -0.3 is 14.2 Å². The molecule has 1 aliphatic carbocycles. The molecule has 7 nitrogen and oxygen atoms in total. The Morgan fingerprint density at radius 3 is 2.31 bits per heavy atom. The van der Waals surface area contributed by atoms with Crippen LogP contribution >= 0.6 is 0 Å². The number of fused-ring (bicyclic) bond motifs is 1. The number of benzene rings is 2. The van der Waals surface area contributed by atoms with Gasteiger partial charge in [0.25, 0.3) is 0 Å². The minimum atomic E-state index is -0.691. The van der Waals surface area contributed by atoms with E-state index >= 15 is 0 Å². The van der Waals surface area contributed by atoms with Crippen LogP contribution in [0.15, 0.2) is 60.7 Å². The zero-order chi connectivity index (χ0) is 22.8. The van der Waals surface area contributed by atoms with Gasteiger partial charge in [-0.3, -0.25) is 0 Å². The summed E-state index contributed by atoms with van der Waals surface area (Å²) in [5.74, 6) is -0.599. The maximum atomic E-state index is 14.4. The smallest absolute Gasteiger partial charge is 0.493 e. The van der Waals surface area contributed by atoms with Crippen molar-refractivity contribution < 1.29 is 32.8 Å². The van der Waals surface area contributed by atoms with Gasteiger partial charge in [-0.25, -0.2) is 9.18 Å². The van der Waals surface area contributed by atoms with E-state index in [1.54, 1.807) is 42.5 Å². The second kappa shape index (κ2) is 8.66. The Hall–Kier alpha value is -3.94. The number of carbonyl (C=O) groups is 2. The van der Waals surface area contributed by atoms with Gasteiger partial charge in [-0.15, -0.1) is 4.90 Å². The van der Waals surface area contributed by atoms with Crippen LogP contribution in [0.25, 0.3) is 0 Å². The number of anilines is 1. The summed E-state index contributed by atoms with van der Waals surface area (Å²) in [7, 11) is 4.37. The van der Waals surface area contributed by atoms with E-state index in [4.69, 9.17) is 14.2 Å². The van der Waals surface area contributed by atoms with Crippen LogP contribution in [0.2, 0.25) is 0 Å². The second-order valence-corrected chi connectivity index (χ2v) is 7.16. The molecule has 32 heavy (non-hydrogen) atoms. The van der Waals surface area contributed by atoms with Gasteiger partial charge in [0.1, 0.15) is 29.7 Å². The summed E-state index contributed by atoms with van der Waals surface area (Å²) in [6.07, 6.45) is 6.91. The van der Waals surface area contributed by atoms with E-state index in [2.05, 4.69) is 0 Å². The van der Waals surface area contributed by atoms with Crippen LogP contribution in [0.5, 0.6) is 17.2 Å². The summed E-state index contributed by atoms with van der Waals surface area (Å²) in [5.41, 5.74) is 1.10. The number of methoxy groups -OCH3 is 3. The second-order valence-electron chi connectivity index (χ2n) is 7.16. The third-order valence-electron chi connectivity index (χ3n) is 5.41. The molecule has 1 atom stereocenters. The molecule has 0 aromatic heterocycles. The lowest BCUT2D eigenvalue weighted by molar-refractivity contribution is -0.446. The highest BCUT2D eigenvalue weighted by molar-refractivity contribution is 6.26. The van der Waals surface area contributed by atoms with Crippen LogP contribution in [0, 0.1) is 11.7 Å². The Morgan fingerprint density at radius 1 is 1.00 bits per heavy atom. The monoisotopic (exact) mass is 437 g/mol. The van der Waals surface area contributed by atoms with Crippen molar-refractivity contribution in [3.63, 3.8) is 0 Å². The van der Waals surface area contributed by atoms with E-state index in [9.17, 15) is 14.0 Å². The number of urea groups is 1. The molecule has 8 heteroatoms. The fourth-order valence-corrected chi connectivity index (χ4v) is 3.85. The first kappa shape index (κ1) is 21.3. The average molecular weight is 437 g/mol. The van der Waals surface area contributed by atoms with Crippen LogP contribution in [-0.2, 0) is 11.3 Å². The molecule has 2 aliphatic rings. The summed E-state index contributed by atoms with van der Waals surface area (Å²) in [6.45, 7) is -0.0241. The van der Waals surface area contributed by atoms with Crippen molar-refractivity contribution in [1.29, 1.82) is 0 Å². The summed E-state index contributed by atoms with van der Waals surface area (Å²) in [5, 5.41) is 0. The molecular formula is C24H22FN2O5+. The van der Waals surface area contributed by atoms with Gasteiger partial charge in [-0.2, -0.15) is 9.37 Å². The molecule has 1 unspecified atom stereocenters. The fraction of sp³-hybridized carbons (Fsp3) is 0.208. The number of halogens is 1. The number of carbonyl (C=O) groups excluding carboxylic acids is 2. The van der Waals surface area contributed by atoms with Gasteiger partial charge in [0.05, 0.1) is 21.3 Å². The third kappa shape index (κ3) is 3.53. The predicted molar refractivity (Wildman–Crippen MR) is 116 cm³/mol. The lowest BCUT2D eigenvalue weighted by atomic mass is 9.94. The maximum Gasteiger partial charge on any atom is 0.506 e. The zero-order valence-corrected chi connectivity index (χ0v) is 17.9. The van der Waals surface area contributed by atoms with Crippen molar-refractivity contribution in [3.05, 3.63) is 72.1 Å². The number of allylic oxidation sites excluding steroid dienone is 3. The first-order valence-electron chi connectivity index (χ1n) is 9.90. The molecule has 0 bridgehead atoms. The lowest BCUT2D eigenvalue weighted by Gasteiger charge is -2.27. The number of rotatable bonds is 6. The Kier molecular flexibility index (Phi) is 5.77. The molecule has 164 valence electrons. The van der Waals surface area contributed by atoms with Crippen molar-refractivity contribution in [2.24, 2.45) is 5.92 Å². The van der Waals surface area contributed by atoms with Crippen molar-refractivity contribution in [2.45, 2.75) is 6.54 Å². The molecule has 1 aliphatic heterocycles. The molecule has 2 aromatic rings. The van der Waals surface area contributed by atoms with Gasteiger partial charge in [0.15, 0.2) is 11.5 Å². The number of amides is 3. The average Bonchev–Trinajstić information content (AvgIpc) is 2.82. The van der Waals surface area contributed by atoms with E-state index in [0.29, 0.717) is 28.5 Å². The number of ether oxygens (including phenoxy) is 3. The molecule has 0 saturated carbocycles. The molecule has 0 spiro atoms. The number of hydrogen-bond donors (Lipinski definition) is 0. The summed E-state index contributed by atoms with van der Waals surface area (Å²) in [4.78, 5) is 28.0. The third-order valence-corrected chi connectivity index (χ3v) is 5.41. The molecule has 4 rings (SSSR count). The van der Waals surface area contributed by atoms with E-state index in [0.717, 1.165) is 4.90 Å². The quantitative estimate of drug-likeness (QED) is 0.645. The minimum Gasteiger partial charge on any atom is -0.493 e. The molecule has 0 radical (unpaired) electrons. The van der Waals surface area contributed by atoms with Crippen LogP contribution in [-0.4, -0.2) is 43.6 Å². The van der Waals surface area contributed by atoms with Gasteiger partial charge in [0, 0.05) is 17.7 Å². The Balaban J connectivity index is 1.85. The van der Waals surface area contributed by atoms with E-state index in [1.807, 2.05) is 0 Å². The fourth-order valence-electron chi connectivity index (χ4n) is 3.85. The standard InChI is InChI=1S/C24H22FN2O5/c1-30-20-12-16(13-21(31-2)22(20)32-3)27-23(28)17-9-5-7-11-19(17)26(24(27)29)14-15-8-4-6-10-18(15)25/h4-13,17H,14H2,1-3H3/q+1. The molecule has 0 fully saturated rings. The molecule has 3 amide bonds. The molecule has 1 heterocycles. The SMILES string of the molecule is COc1cc(N2C(=O)C3C=CC=CC3=[N+](Cc3ccccc3F)C2=O)cc(OC)c1OC. The van der Waals surface area contributed by atoms with Crippen LogP contribution < -0.4 is 19.1 Å². The van der Waals surface area contributed by atoms with Crippen molar-refractivity contribution >= 4 is 23.3 Å². The van der Waals surface area contributed by atoms with Gasteiger partial charge >= 0.3 is 11.9 Å². The first-order valence-corrected chi connectivity index (χ1v) is 9.90. The summed E-state index contributed by atoms with van der Waals surface area (Å²) < 4.78 is 31.9. The topological polar surface area (TPSA) is 68.1 Å². The minimum absolute atomic E-state index is 0.0241. The van der Waals surface area contributed by atoms with E-state index < -0.39 is 23.7 Å². The Bertz CT molecular complexity index is 1160. The van der Waals surface area contributed by atoms with Gasteiger partial charge in [-0.1, -0.05) is 36.4 Å². The van der Waals surface area contributed by atoms with Crippen LogP contribution in [0.1, 0.15) is 5.56 Å². The number of hydrogen-bond acceptors (Lipinski definition) is 5. The van der Waals surface area contributed by atoms with Crippen LogP contribution in [0.3, 0.4) is 0 Å². The largest absolute Gasteiger partial charge is 0.506 e. The Morgan fingerprint density at radius 2 is 1.69 bits per heavy atom. The van der Waals surface area contributed by atoms with Crippen LogP contribution in [0.4, 0.5) is 14.9 Å². The highest BCUT2D eigenvalue weighted by Gasteiger charge is 2.48. The Labute approximate surface area is 184 Å². The van der Waals surface area contributed by atoms with E-state index in [-0.39, 0.29) is 12.2 Å². The van der Waals surface area contributed by atoms with E-state index in [1.165, 1.54) is 44.1 Å². The zero-order valence-electron chi connectivity index (χ0n) is 17.9. The highest BCUT2D eigenvalue weighted by Crippen LogP contribution is 2.42. The van der Waals surface area contributed by atoms with Crippen molar-refractivity contribution in [1.82, 2.24) is 0 Å². The predicted octanol–water partition coefficient (Wildman–Crippen LogP) is 3.71. The lowest BCUT2D eigenvalue weighted by Crippen LogP contribution is -2.54. The van der Waals surface area contributed by atoms with Gasteiger partial charge in [-0.05, 0) is 12.1 Å².